The molecule has 0 saturated carbocycles. The third kappa shape index (κ3) is 4.93. The number of sulfonamides is 1. The highest BCUT2D eigenvalue weighted by atomic mass is 35.5. The maximum Gasteiger partial charge on any atom is 0.252 e. The van der Waals surface area contributed by atoms with Crippen LogP contribution in [0.1, 0.15) is 50.3 Å². The lowest BCUT2D eigenvalue weighted by Crippen LogP contribution is -2.46. The Hall–Kier alpha value is -2.71. The molecule has 1 saturated heterocycles. The lowest BCUT2D eigenvalue weighted by Gasteiger charge is -2.32. The van der Waals surface area contributed by atoms with E-state index in [1.54, 1.807) is 43.3 Å². The summed E-state index contributed by atoms with van der Waals surface area (Å²) in [5.41, 5.74) is 2.13. The van der Waals surface area contributed by atoms with Gasteiger partial charge in [0.25, 0.3) is 5.91 Å². The van der Waals surface area contributed by atoms with Crippen molar-refractivity contribution in [3.05, 3.63) is 94.0 Å². The number of carbonyl (C=O) groups is 2. The third-order valence-corrected chi connectivity index (χ3v) is 9.06. The number of carbonyl (C=O) groups excluding carboxylic acids is 2. The zero-order chi connectivity index (χ0) is 26.2. The van der Waals surface area contributed by atoms with Gasteiger partial charge in [-0.15, -0.1) is 0 Å². The van der Waals surface area contributed by atoms with Crippen LogP contribution in [0.5, 0.6) is 0 Å². The molecule has 2 amide bonds. The second kappa shape index (κ2) is 10.3. The minimum atomic E-state index is -4.35. The van der Waals surface area contributed by atoms with Gasteiger partial charge in [-0.25, -0.2) is 13.3 Å². The molecule has 2 atom stereocenters. The summed E-state index contributed by atoms with van der Waals surface area (Å²) in [6, 6.07) is 18.2. The fraction of sp³-hybridized carbons (Fsp3) is 0.259. The van der Waals surface area contributed by atoms with Crippen LogP contribution in [0.25, 0.3) is 0 Å². The maximum atomic E-state index is 14.0. The lowest BCUT2D eigenvalue weighted by molar-refractivity contribution is -0.122. The molecule has 3 aromatic rings. The minimum Gasteiger partial charge on any atom is -0.274 e. The molecule has 188 valence electrons. The normalized spacial score (nSPS) is 17.3. The molecule has 1 fully saturated rings. The van der Waals surface area contributed by atoms with Gasteiger partial charge in [0.1, 0.15) is 10.9 Å². The van der Waals surface area contributed by atoms with Crippen molar-refractivity contribution in [1.82, 2.24) is 4.31 Å². The average molecular weight is 545 g/mol. The molecule has 1 aliphatic heterocycles. The molecule has 0 aliphatic carbocycles. The quantitative estimate of drug-likeness (QED) is 0.332. The summed E-state index contributed by atoms with van der Waals surface area (Å²) in [5, 5.41) is 0.161. The van der Waals surface area contributed by atoms with Gasteiger partial charge in [-0.1, -0.05) is 79.5 Å². The van der Waals surface area contributed by atoms with Gasteiger partial charge < -0.3 is 0 Å². The van der Waals surface area contributed by atoms with E-state index < -0.39 is 33.9 Å². The van der Waals surface area contributed by atoms with Crippen molar-refractivity contribution in [2.75, 3.05) is 4.90 Å². The minimum absolute atomic E-state index is 0.0254. The molecule has 1 aliphatic rings. The van der Waals surface area contributed by atoms with Crippen molar-refractivity contribution in [2.24, 2.45) is 0 Å². The summed E-state index contributed by atoms with van der Waals surface area (Å²) in [7, 11) is -4.35. The summed E-state index contributed by atoms with van der Waals surface area (Å²) in [6.07, 6.45) is -0.292. The smallest absolute Gasteiger partial charge is 0.252 e. The molecule has 9 heteroatoms. The summed E-state index contributed by atoms with van der Waals surface area (Å²) < 4.78 is 29.1. The van der Waals surface area contributed by atoms with Crippen molar-refractivity contribution in [2.45, 2.75) is 50.1 Å². The van der Waals surface area contributed by atoms with Crippen molar-refractivity contribution >= 4 is 50.7 Å². The second-order valence-corrected chi connectivity index (χ2v) is 11.7. The van der Waals surface area contributed by atoms with Crippen LogP contribution < -0.4 is 4.90 Å². The molecule has 0 bridgehead atoms. The van der Waals surface area contributed by atoms with Gasteiger partial charge in [0.05, 0.1) is 17.1 Å². The van der Waals surface area contributed by atoms with E-state index in [1.807, 2.05) is 32.0 Å². The number of nitrogens with zero attached hydrogens (tertiary/aromatic N) is 2. The summed E-state index contributed by atoms with van der Waals surface area (Å²) in [5.74, 6) is -0.798. The van der Waals surface area contributed by atoms with Crippen LogP contribution >= 0.6 is 23.2 Å². The Labute approximate surface area is 221 Å². The van der Waals surface area contributed by atoms with E-state index in [0.717, 1.165) is 14.8 Å². The van der Waals surface area contributed by atoms with Crippen molar-refractivity contribution in [1.29, 1.82) is 0 Å². The van der Waals surface area contributed by atoms with Gasteiger partial charge in [0.15, 0.2) is 0 Å². The second-order valence-electron chi connectivity index (χ2n) is 9.03. The highest BCUT2D eigenvalue weighted by Gasteiger charge is 2.49. The topological polar surface area (TPSA) is 74.8 Å². The van der Waals surface area contributed by atoms with Crippen LogP contribution in [0, 0.1) is 0 Å². The molecule has 0 spiro atoms. The van der Waals surface area contributed by atoms with Crippen LogP contribution in [-0.4, -0.2) is 30.6 Å². The lowest BCUT2D eigenvalue weighted by atomic mass is 10.0. The van der Waals surface area contributed by atoms with Crippen LogP contribution in [0.3, 0.4) is 0 Å². The molecular weight excluding hydrogens is 519 g/mol. The average Bonchev–Trinajstić information content (AvgIpc) is 3.14. The zero-order valence-corrected chi connectivity index (χ0v) is 22.4. The number of anilines is 1. The standard InChI is InChI=1S/C27H26Cl2N2O4S/c1-17(2)19-9-12-22(13-10-19)30-26(32)16-24(27(30)33)31(18(3)20-7-5-4-6-8-20)36(34,35)25-15-21(28)11-14-23(25)29/h4-15,17-18,24H,16H2,1-3H3. The predicted molar refractivity (Wildman–Crippen MR) is 142 cm³/mol. The molecule has 0 radical (unpaired) electrons. The van der Waals surface area contributed by atoms with E-state index in [1.165, 1.54) is 18.2 Å². The van der Waals surface area contributed by atoms with E-state index in [4.69, 9.17) is 23.2 Å². The third-order valence-electron chi connectivity index (χ3n) is 6.36. The predicted octanol–water partition coefficient (Wildman–Crippen LogP) is 6.20. The van der Waals surface area contributed by atoms with E-state index >= 15 is 0 Å². The van der Waals surface area contributed by atoms with Crippen molar-refractivity contribution < 1.29 is 18.0 Å². The molecular formula is C27H26Cl2N2O4S. The number of amides is 2. The first kappa shape index (κ1) is 26.4. The molecule has 0 N–H and O–H groups in total. The number of benzene rings is 3. The van der Waals surface area contributed by atoms with Gasteiger partial charge >= 0.3 is 0 Å². The van der Waals surface area contributed by atoms with E-state index in [2.05, 4.69) is 0 Å². The first-order valence-electron chi connectivity index (χ1n) is 11.5. The Morgan fingerprint density at radius 1 is 0.889 bits per heavy atom. The SMILES string of the molecule is CC(C)c1ccc(N2C(=O)CC(N(C(C)c3ccccc3)S(=O)(=O)c3cc(Cl)ccc3Cl)C2=O)cc1. The first-order chi connectivity index (χ1) is 17.0. The summed E-state index contributed by atoms with van der Waals surface area (Å²) >= 11 is 12.4. The van der Waals surface area contributed by atoms with Crippen LogP contribution in [0.15, 0.2) is 77.7 Å². The molecule has 3 aromatic carbocycles. The Morgan fingerprint density at radius 2 is 1.53 bits per heavy atom. The highest BCUT2D eigenvalue weighted by molar-refractivity contribution is 7.89. The molecule has 1 heterocycles. The van der Waals surface area contributed by atoms with Gasteiger partial charge in [-0.3, -0.25) is 9.59 Å². The van der Waals surface area contributed by atoms with Crippen LogP contribution in [0.2, 0.25) is 10.0 Å². The monoisotopic (exact) mass is 544 g/mol. The molecule has 6 nitrogen and oxygen atoms in total. The van der Waals surface area contributed by atoms with E-state index in [-0.39, 0.29) is 27.3 Å². The fourth-order valence-electron chi connectivity index (χ4n) is 4.41. The maximum absolute atomic E-state index is 14.0. The van der Waals surface area contributed by atoms with Crippen LogP contribution in [0.4, 0.5) is 5.69 Å². The zero-order valence-electron chi connectivity index (χ0n) is 20.1. The van der Waals surface area contributed by atoms with Crippen molar-refractivity contribution in [3.63, 3.8) is 0 Å². The largest absolute Gasteiger partial charge is 0.274 e. The molecule has 4 rings (SSSR count). The Balaban J connectivity index is 1.80. The van der Waals surface area contributed by atoms with Gasteiger partial charge in [-0.2, -0.15) is 4.31 Å². The fourth-order valence-corrected chi connectivity index (χ4v) is 6.91. The molecule has 36 heavy (non-hydrogen) atoms. The number of rotatable bonds is 7. The number of halogens is 2. The Morgan fingerprint density at radius 3 is 2.14 bits per heavy atom. The molecule has 2 unspecified atom stereocenters. The number of imide groups is 1. The summed E-state index contributed by atoms with van der Waals surface area (Å²) in [4.78, 5) is 27.6. The van der Waals surface area contributed by atoms with E-state index in [0.29, 0.717) is 11.3 Å². The van der Waals surface area contributed by atoms with Crippen molar-refractivity contribution in [3.8, 4) is 0 Å². The van der Waals surface area contributed by atoms with Gasteiger partial charge in [0.2, 0.25) is 15.9 Å². The highest BCUT2D eigenvalue weighted by Crippen LogP contribution is 2.38. The van der Waals surface area contributed by atoms with E-state index in [9.17, 15) is 18.0 Å². The van der Waals surface area contributed by atoms with Gasteiger partial charge in [0, 0.05) is 11.1 Å². The Bertz CT molecular complexity index is 1390. The number of hydrogen-bond donors (Lipinski definition) is 0. The summed E-state index contributed by atoms with van der Waals surface area (Å²) in [6.45, 7) is 5.78. The number of hydrogen-bond acceptors (Lipinski definition) is 4. The van der Waals surface area contributed by atoms with Gasteiger partial charge in [-0.05, 0) is 54.3 Å². The first-order valence-corrected chi connectivity index (χ1v) is 13.7. The Kier molecular flexibility index (Phi) is 7.57. The molecule has 0 aromatic heterocycles. The van der Waals surface area contributed by atoms with Crippen LogP contribution in [-0.2, 0) is 19.6 Å².